The molecule has 0 amide bonds. The van der Waals surface area contributed by atoms with Gasteiger partial charge in [-0.15, -0.1) is 0 Å². The minimum absolute atomic E-state index is 0.222. The van der Waals surface area contributed by atoms with Crippen LogP contribution in [0.2, 0.25) is 0 Å². The Bertz CT molecular complexity index is 526. The van der Waals surface area contributed by atoms with Crippen molar-refractivity contribution < 1.29 is 8.42 Å². The molecule has 1 aliphatic rings. The second kappa shape index (κ2) is 5.88. The number of anilines is 1. The van der Waals surface area contributed by atoms with E-state index >= 15 is 0 Å². The number of hydrogen-bond donors (Lipinski definition) is 2. The predicted octanol–water partition coefficient (Wildman–Crippen LogP) is 1.84. The zero-order chi connectivity index (χ0) is 13.9. The molecule has 1 heterocycles. The summed E-state index contributed by atoms with van der Waals surface area (Å²) in [6.07, 6.45) is 4.03. The van der Waals surface area contributed by atoms with Crippen LogP contribution in [0.4, 0.5) is 5.82 Å². The molecule has 0 aliphatic heterocycles. The van der Waals surface area contributed by atoms with E-state index in [4.69, 9.17) is 0 Å². The Morgan fingerprint density at radius 1 is 1.47 bits per heavy atom. The molecule has 1 aromatic rings. The summed E-state index contributed by atoms with van der Waals surface area (Å²) in [4.78, 5) is 4.30. The maximum absolute atomic E-state index is 12.3. The Morgan fingerprint density at radius 2 is 2.21 bits per heavy atom. The topological polar surface area (TPSA) is 71.1 Å². The molecule has 2 rings (SSSR count). The quantitative estimate of drug-likeness (QED) is 0.801. The molecule has 1 atom stereocenters. The Morgan fingerprint density at radius 3 is 2.84 bits per heavy atom. The molecule has 0 bridgehead atoms. The van der Waals surface area contributed by atoms with Gasteiger partial charge in [-0.25, -0.2) is 18.1 Å². The number of nitrogens with one attached hydrogen (secondary N) is 2. The maximum Gasteiger partial charge on any atom is 0.244 e. The summed E-state index contributed by atoms with van der Waals surface area (Å²) in [6, 6.07) is 3.22. The molecule has 0 saturated heterocycles. The van der Waals surface area contributed by atoms with E-state index in [9.17, 15) is 8.42 Å². The van der Waals surface area contributed by atoms with E-state index in [1.807, 2.05) is 6.92 Å². The van der Waals surface area contributed by atoms with Crippen molar-refractivity contribution >= 4 is 15.8 Å². The zero-order valence-electron chi connectivity index (χ0n) is 11.4. The fourth-order valence-electron chi connectivity index (χ4n) is 2.06. The van der Waals surface area contributed by atoms with Crippen molar-refractivity contribution in [1.82, 2.24) is 9.71 Å². The van der Waals surface area contributed by atoms with Crippen molar-refractivity contribution in [2.24, 2.45) is 11.8 Å². The molecule has 2 N–H and O–H groups in total. The van der Waals surface area contributed by atoms with Crippen molar-refractivity contribution in [3.63, 3.8) is 0 Å². The molecule has 6 heteroatoms. The summed E-state index contributed by atoms with van der Waals surface area (Å²) in [6.45, 7) is 5.13. The largest absolute Gasteiger partial charge is 0.369 e. The molecule has 5 nitrogen and oxygen atoms in total. The van der Waals surface area contributed by atoms with Gasteiger partial charge in [0.25, 0.3) is 0 Å². The lowest BCUT2D eigenvalue weighted by Gasteiger charge is -2.14. The van der Waals surface area contributed by atoms with Crippen molar-refractivity contribution in [3.05, 3.63) is 18.3 Å². The predicted molar refractivity (Wildman–Crippen MR) is 75.5 cm³/mol. The molecule has 0 aromatic carbocycles. The van der Waals surface area contributed by atoms with Crippen LogP contribution in [0, 0.1) is 11.8 Å². The number of nitrogens with zero attached hydrogens (tertiary/aromatic N) is 1. The highest BCUT2D eigenvalue weighted by molar-refractivity contribution is 7.89. The smallest absolute Gasteiger partial charge is 0.244 e. The number of pyridine rings is 1. The highest BCUT2D eigenvalue weighted by atomic mass is 32.2. The van der Waals surface area contributed by atoms with E-state index in [2.05, 4.69) is 21.9 Å². The molecular formula is C13H21N3O2S. The first-order chi connectivity index (χ1) is 9.04. The Hall–Kier alpha value is -1.14. The molecule has 1 aromatic heterocycles. The first kappa shape index (κ1) is 14.3. The maximum atomic E-state index is 12.3. The summed E-state index contributed by atoms with van der Waals surface area (Å²) in [5, 5.41) is 2.97. The van der Waals surface area contributed by atoms with Gasteiger partial charge in [-0.2, -0.15) is 0 Å². The SMILES string of the molecule is CCNc1ncccc1S(=O)(=O)NCC(C)C1CC1. The molecule has 1 fully saturated rings. The van der Waals surface area contributed by atoms with E-state index in [-0.39, 0.29) is 4.90 Å². The minimum Gasteiger partial charge on any atom is -0.369 e. The van der Waals surface area contributed by atoms with Gasteiger partial charge >= 0.3 is 0 Å². The standard InChI is InChI=1S/C13H21N3O2S/c1-3-14-13-12(5-4-8-15-13)19(17,18)16-9-10(2)11-6-7-11/h4-5,8,10-11,16H,3,6-7,9H2,1-2H3,(H,14,15). The first-order valence-corrected chi connectivity index (χ1v) is 8.21. The van der Waals surface area contributed by atoms with Crippen LogP contribution in [0.3, 0.4) is 0 Å². The Kier molecular flexibility index (Phi) is 4.42. The van der Waals surface area contributed by atoms with Gasteiger partial charge in [0, 0.05) is 19.3 Å². The molecule has 1 unspecified atom stereocenters. The summed E-state index contributed by atoms with van der Waals surface area (Å²) >= 11 is 0. The average Bonchev–Trinajstić information content (AvgIpc) is 3.21. The highest BCUT2D eigenvalue weighted by Crippen LogP contribution is 2.36. The van der Waals surface area contributed by atoms with Gasteiger partial charge in [0.15, 0.2) is 0 Å². The number of sulfonamides is 1. The molecule has 19 heavy (non-hydrogen) atoms. The lowest BCUT2D eigenvalue weighted by Crippen LogP contribution is -2.30. The monoisotopic (exact) mass is 283 g/mol. The first-order valence-electron chi connectivity index (χ1n) is 6.73. The lowest BCUT2D eigenvalue weighted by molar-refractivity contribution is 0.492. The van der Waals surface area contributed by atoms with Gasteiger partial charge in [0.1, 0.15) is 10.7 Å². The number of hydrogen-bond acceptors (Lipinski definition) is 4. The van der Waals surface area contributed by atoms with Crippen LogP contribution in [0.15, 0.2) is 23.2 Å². The van der Waals surface area contributed by atoms with Gasteiger partial charge in [0.05, 0.1) is 0 Å². The summed E-state index contributed by atoms with van der Waals surface area (Å²) in [5.74, 6) is 1.50. The van der Waals surface area contributed by atoms with E-state index in [0.29, 0.717) is 30.7 Å². The third-order valence-electron chi connectivity index (χ3n) is 3.43. The normalized spacial score (nSPS) is 17.2. The fourth-order valence-corrected chi connectivity index (χ4v) is 3.33. The van der Waals surface area contributed by atoms with Gasteiger partial charge in [-0.05, 0) is 43.7 Å². The number of aromatic nitrogens is 1. The zero-order valence-corrected chi connectivity index (χ0v) is 12.2. The minimum atomic E-state index is -3.49. The van der Waals surface area contributed by atoms with E-state index in [1.54, 1.807) is 18.3 Å². The highest BCUT2D eigenvalue weighted by Gasteiger charge is 2.29. The summed E-state index contributed by atoms with van der Waals surface area (Å²) < 4.78 is 27.3. The number of rotatable bonds is 7. The van der Waals surface area contributed by atoms with E-state index in [0.717, 1.165) is 0 Å². The van der Waals surface area contributed by atoms with Crippen molar-refractivity contribution in [2.75, 3.05) is 18.4 Å². The fraction of sp³-hybridized carbons (Fsp3) is 0.615. The van der Waals surface area contributed by atoms with Gasteiger partial charge in [-0.1, -0.05) is 6.92 Å². The van der Waals surface area contributed by atoms with Crippen LogP contribution in [0.1, 0.15) is 26.7 Å². The van der Waals surface area contributed by atoms with Crippen molar-refractivity contribution in [1.29, 1.82) is 0 Å². The van der Waals surface area contributed by atoms with Crippen LogP contribution < -0.4 is 10.0 Å². The van der Waals surface area contributed by atoms with Crippen LogP contribution in [-0.4, -0.2) is 26.5 Å². The summed E-state index contributed by atoms with van der Waals surface area (Å²) in [7, 11) is -3.49. The second-order valence-corrected chi connectivity index (χ2v) is 6.78. The third kappa shape index (κ3) is 3.67. The van der Waals surface area contributed by atoms with E-state index < -0.39 is 10.0 Å². The molecule has 1 aliphatic carbocycles. The average molecular weight is 283 g/mol. The molecule has 0 radical (unpaired) electrons. The molecule has 106 valence electrons. The second-order valence-electron chi connectivity index (χ2n) is 5.05. The molecule has 0 spiro atoms. The van der Waals surface area contributed by atoms with Crippen molar-refractivity contribution in [2.45, 2.75) is 31.6 Å². The van der Waals surface area contributed by atoms with Crippen molar-refractivity contribution in [3.8, 4) is 0 Å². The van der Waals surface area contributed by atoms with E-state index in [1.165, 1.54) is 12.8 Å². The summed E-state index contributed by atoms with van der Waals surface area (Å²) in [5.41, 5.74) is 0. The lowest BCUT2D eigenvalue weighted by atomic mass is 10.1. The van der Waals surface area contributed by atoms with Gasteiger partial charge in [0.2, 0.25) is 10.0 Å². The Labute approximate surface area is 114 Å². The van der Waals surface area contributed by atoms with Gasteiger partial charge in [-0.3, -0.25) is 0 Å². The molecular weight excluding hydrogens is 262 g/mol. The van der Waals surface area contributed by atoms with Crippen LogP contribution in [-0.2, 0) is 10.0 Å². The third-order valence-corrected chi connectivity index (χ3v) is 4.88. The molecule has 1 saturated carbocycles. The van der Waals surface area contributed by atoms with Crippen LogP contribution in [0.25, 0.3) is 0 Å². The van der Waals surface area contributed by atoms with Crippen LogP contribution in [0.5, 0.6) is 0 Å². The Balaban J connectivity index is 2.09. The van der Waals surface area contributed by atoms with Gasteiger partial charge < -0.3 is 5.32 Å². The van der Waals surface area contributed by atoms with Crippen LogP contribution >= 0.6 is 0 Å².